The number of aryl methyl sites for hydroxylation is 1. The first kappa shape index (κ1) is 20.8. The van der Waals surface area contributed by atoms with E-state index in [0.717, 1.165) is 25.9 Å². The van der Waals surface area contributed by atoms with Gasteiger partial charge in [0.15, 0.2) is 5.78 Å². The number of carbonyl (C=O) groups is 2. The second-order valence-corrected chi connectivity index (χ2v) is 8.33. The van der Waals surface area contributed by atoms with Crippen LogP contribution in [0.2, 0.25) is 0 Å². The Bertz CT molecular complexity index is 924. The van der Waals surface area contributed by atoms with Crippen LogP contribution in [-0.2, 0) is 7.05 Å². The minimum Gasteiger partial charge on any atom is -0.387 e. The van der Waals surface area contributed by atoms with Gasteiger partial charge in [0.1, 0.15) is 5.82 Å². The quantitative estimate of drug-likeness (QED) is 0.740. The lowest BCUT2D eigenvalue weighted by Gasteiger charge is -2.22. The van der Waals surface area contributed by atoms with E-state index < -0.39 is 6.10 Å². The molecule has 3 heterocycles. The second-order valence-electron chi connectivity index (χ2n) is 8.33. The number of fused-ring (bicyclic) bond motifs is 1. The van der Waals surface area contributed by atoms with Gasteiger partial charge >= 0.3 is 0 Å². The third-order valence-electron chi connectivity index (χ3n) is 6.30. The van der Waals surface area contributed by atoms with Crippen molar-refractivity contribution in [3.63, 3.8) is 0 Å². The van der Waals surface area contributed by atoms with Crippen molar-refractivity contribution >= 4 is 11.7 Å². The Hall–Kier alpha value is -2.51. The van der Waals surface area contributed by atoms with Crippen LogP contribution in [0.25, 0.3) is 0 Å². The number of rotatable bonds is 6. The maximum Gasteiger partial charge on any atom is 0.255 e. The van der Waals surface area contributed by atoms with Gasteiger partial charge in [-0.05, 0) is 62.7 Å². The van der Waals surface area contributed by atoms with Gasteiger partial charge in [0, 0.05) is 44.4 Å². The van der Waals surface area contributed by atoms with Gasteiger partial charge in [0.05, 0.1) is 17.4 Å². The van der Waals surface area contributed by atoms with E-state index in [1.165, 1.54) is 12.1 Å². The van der Waals surface area contributed by atoms with E-state index in [1.54, 1.807) is 18.2 Å². The summed E-state index contributed by atoms with van der Waals surface area (Å²) < 4.78 is 14.9. The first-order valence-corrected chi connectivity index (χ1v) is 10.6. The zero-order valence-corrected chi connectivity index (χ0v) is 17.3. The molecule has 2 aromatic rings. The predicted molar refractivity (Wildman–Crippen MR) is 111 cm³/mol. The van der Waals surface area contributed by atoms with Crippen molar-refractivity contribution in [1.82, 2.24) is 14.4 Å². The van der Waals surface area contributed by atoms with Crippen LogP contribution in [0.15, 0.2) is 36.5 Å². The van der Waals surface area contributed by atoms with E-state index in [1.807, 2.05) is 22.7 Å². The molecule has 0 radical (unpaired) electrons. The van der Waals surface area contributed by atoms with Crippen LogP contribution in [0, 0.1) is 11.7 Å². The highest BCUT2D eigenvalue weighted by Crippen LogP contribution is 2.27. The monoisotopic (exact) mass is 413 g/mol. The van der Waals surface area contributed by atoms with E-state index in [4.69, 9.17) is 0 Å². The first-order chi connectivity index (χ1) is 14.4. The molecule has 2 aliphatic rings. The van der Waals surface area contributed by atoms with Crippen molar-refractivity contribution in [2.24, 2.45) is 13.0 Å². The molecular weight excluding hydrogens is 385 g/mol. The van der Waals surface area contributed by atoms with Crippen LogP contribution in [0.1, 0.15) is 51.8 Å². The highest BCUT2D eigenvalue weighted by Gasteiger charge is 2.31. The van der Waals surface area contributed by atoms with E-state index in [2.05, 4.69) is 4.90 Å². The minimum atomic E-state index is -0.620. The van der Waals surface area contributed by atoms with Crippen molar-refractivity contribution in [3.05, 3.63) is 59.2 Å². The normalized spacial score (nSPS) is 22.2. The summed E-state index contributed by atoms with van der Waals surface area (Å²) in [5, 5.41) is 10.4. The summed E-state index contributed by atoms with van der Waals surface area (Å²) in [6, 6.07) is 7.54. The summed E-state index contributed by atoms with van der Waals surface area (Å²) in [5.74, 6) is -0.339. The Labute approximate surface area is 175 Å². The lowest BCUT2D eigenvalue weighted by atomic mass is 9.97. The van der Waals surface area contributed by atoms with E-state index in [0.29, 0.717) is 42.9 Å². The zero-order chi connectivity index (χ0) is 21.3. The molecule has 2 unspecified atom stereocenters. The van der Waals surface area contributed by atoms with E-state index in [9.17, 15) is 19.1 Å². The van der Waals surface area contributed by atoms with Gasteiger partial charge in [-0.2, -0.15) is 0 Å². The third kappa shape index (κ3) is 4.18. The van der Waals surface area contributed by atoms with Crippen LogP contribution in [-0.4, -0.2) is 63.9 Å². The molecular formula is C23H28FN3O3. The summed E-state index contributed by atoms with van der Waals surface area (Å²) in [6.45, 7) is 3.55. The number of halogens is 1. The minimum absolute atomic E-state index is 0.0204. The molecule has 30 heavy (non-hydrogen) atoms. The van der Waals surface area contributed by atoms with Gasteiger partial charge in [-0.15, -0.1) is 0 Å². The summed E-state index contributed by atoms with van der Waals surface area (Å²) >= 11 is 0. The Morgan fingerprint density at radius 2 is 1.90 bits per heavy atom. The SMILES string of the molecule is Cn1ccc2c1C(O)CCN(CCCN1CCC(C(=O)c3ccc(F)cc3)C1)C2=O. The van der Waals surface area contributed by atoms with Gasteiger partial charge in [-0.1, -0.05) is 0 Å². The van der Waals surface area contributed by atoms with Crippen LogP contribution < -0.4 is 0 Å². The summed E-state index contributed by atoms with van der Waals surface area (Å²) in [6.07, 6.45) is 3.36. The summed E-state index contributed by atoms with van der Waals surface area (Å²) in [7, 11) is 1.85. The molecule has 1 N–H and O–H groups in total. The fraction of sp³-hybridized carbons (Fsp3) is 0.478. The predicted octanol–water partition coefficient (Wildman–Crippen LogP) is 2.64. The summed E-state index contributed by atoms with van der Waals surface area (Å²) in [5.41, 5.74) is 1.86. The van der Waals surface area contributed by atoms with Crippen molar-refractivity contribution in [1.29, 1.82) is 0 Å². The fourth-order valence-electron chi connectivity index (χ4n) is 4.62. The number of hydrogen-bond acceptors (Lipinski definition) is 4. The molecule has 1 aromatic heterocycles. The molecule has 2 aliphatic heterocycles. The zero-order valence-electron chi connectivity index (χ0n) is 17.3. The molecule has 6 nitrogen and oxygen atoms in total. The number of aromatic nitrogens is 1. The second kappa shape index (κ2) is 8.70. The number of likely N-dealkylation sites (tertiary alicyclic amines) is 1. The number of nitrogens with zero attached hydrogens (tertiary/aromatic N) is 3. The third-order valence-corrected chi connectivity index (χ3v) is 6.30. The van der Waals surface area contributed by atoms with E-state index >= 15 is 0 Å². The fourth-order valence-corrected chi connectivity index (χ4v) is 4.62. The molecule has 0 bridgehead atoms. The molecule has 160 valence electrons. The number of hydrogen-bond donors (Lipinski definition) is 1. The van der Waals surface area contributed by atoms with Crippen LogP contribution in [0.3, 0.4) is 0 Å². The number of aliphatic hydroxyl groups excluding tert-OH is 1. The van der Waals surface area contributed by atoms with Crippen molar-refractivity contribution in [2.75, 3.05) is 32.7 Å². The number of ketones is 1. The number of Topliss-reactive ketones (excluding diaryl/α,β-unsaturated/α-hetero) is 1. The maximum absolute atomic E-state index is 13.1. The average Bonchev–Trinajstić information content (AvgIpc) is 3.34. The molecule has 1 aromatic carbocycles. The van der Waals surface area contributed by atoms with Crippen molar-refractivity contribution in [2.45, 2.75) is 25.4 Å². The van der Waals surface area contributed by atoms with Crippen molar-refractivity contribution < 1.29 is 19.1 Å². The largest absolute Gasteiger partial charge is 0.387 e. The van der Waals surface area contributed by atoms with Gasteiger partial charge in [0.2, 0.25) is 0 Å². The number of carbonyl (C=O) groups excluding carboxylic acids is 2. The molecule has 4 rings (SSSR count). The highest BCUT2D eigenvalue weighted by molar-refractivity contribution is 5.98. The van der Waals surface area contributed by atoms with E-state index in [-0.39, 0.29) is 23.4 Å². The van der Waals surface area contributed by atoms with Gasteiger partial charge in [-0.3, -0.25) is 9.59 Å². The topological polar surface area (TPSA) is 65.8 Å². The maximum atomic E-state index is 13.1. The highest BCUT2D eigenvalue weighted by atomic mass is 19.1. The van der Waals surface area contributed by atoms with Crippen LogP contribution in [0.5, 0.6) is 0 Å². The standard InChI is InChI=1S/C23H28FN3O3/c1-25-12-8-19-21(25)20(28)9-14-27(23(19)30)11-2-10-26-13-7-17(15-26)22(29)16-3-5-18(24)6-4-16/h3-6,8,12,17,20,28H,2,7,9-11,13-15H2,1H3. The smallest absolute Gasteiger partial charge is 0.255 e. The summed E-state index contributed by atoms with van der Waals surface area (Å²) in [4.78, 5) is 29.6. The number of aliphatic hydroxyl groups is 1. The van der Waals surface area contributed by atoms with Crippen molar-refractivity contribution in [3.8, 4) is 0 Å². The molecule has 0 spiro atoms. The van der Waals surface area contributed by atoms with Crippen LogP contribution >= 0.6 is 0 Å². The molecule has 1 saturated heterocycles. The molecule has 1 amide bonds. The lowest BCUT2D eigenvalue weighted by molar-refractivity contribution is 0.0740. The molecule has 7 heteroatoms. The Morgan fingerprint density at radius 3 is 2.67 bits per heavy atom. The first-order valence-electron chi connectivity index (χ1n) is 10.6. The Morgan fingerprint density at radius 1 is 1.13 bits per heavy atom. The van der Waals surface area contributed by atoms with Gasteiger partial charge in [-0.25, -0.2) is 4.39 Å². The number of benzene rings is 1. The molecule has 1 fully saturated rings. The van der Waals surface area contributed by atoms with Crippen LogP contribution in [0.4, 0.5) is 4.39 Å². The number of amides is 1. The Balaban J connectivity index is 1.28. The average molecular weight is 413 g/mol. The molecule has 2 atom stereocenters. The molecule has 0 saturated carbocycles. The Kier molecular flexibility index (Phi) is 6.01. The van der Waals surface area contributed by atoms with Gasteiger partial charge in [0.25, 0.3) is 5.91 Å². The molecule has 0 aliphatic carbocycles. The van der Waals surface area contributed by atoms with Gasteiger partial charge < -0.3 is 19.5 Å². The lowest BCUT2D eigenvalue weighted by Crippen LogP contribution is -2.34.